The fraction of sp³-hybridized carbons (Fsp3) is 0.267. The van der Waals surface area contributed by atoms with Crippen LogP contribution in [0.1, 0.15) is 33.0 Å². The topological polar surface area (TPSA) is 71.5 Å². The van der Waals surface area contributed by atoms with Crippen LogP contribution in [0.2, 0.25) is 0 Å². The SMILES string of the molecule is Cc1oc(C(=O)NN)cc1CN1Cc2ccccc2C1. The second-order valence-electron chi connectivity index (χ2n) is 5.08. The molecule has 0 fully saturated rings. The smallest absolute Gasteiger partial charge is 0.300 e. The Kier molecular flexibility index (Phi) is 3.30. The molecule has 20 heavy (non-hydrogen) atoms. The van der Waals surface area contributed by atoms with Gasteiger partial charge in [0.2, 0.25) is 0 Å². The van der Waals surface area contributed by atoms with Crippen LogP contribution >= 0.6 is 0 Å². The van der Waals surface area contributed by atoms with Crippen LogP contribution in [0.4, 0.5) is 0 Å². The van der Waals surface area contributed by atoms with Gasteiger partial charge in [0, 0.05) is 25.2 Å². The van der Waals surface area contributed by atoms with Gasteiger partial charge in [-0.3, -0.25) is 15.1 Å². The summed E-state index contributed by atoms with van der Waals surface area (Å²) in [5.41, 5.74) is 5.85. The third kappa shape index (κ3) is 2.33. The molecule has 0 radical (unpaired) electrons. The Bertz CT molecular complexity index is 623. The van der Waals surface area contributed by atoms with Crippen LogP contribution in [-0.2, 0) is 19.6 Å². The Morgan fingerprint density at radius 3 is 2.60 bits per heavy atom. The standard InChI is InChI=1S/C15H17N3O2/c1-10-13(6-14(20-10)15(19)17-16)9-18-7-11-4-2-3-5-12(11)8-18/h2-6H,7-9,16H2,1H3,(H,17,19). The highest BCUT2D eigenvalue weighted by molar-refractivity contribution is 5.91. The van der Waals surface area contributed by atoms with Gasteiger partial charge in [0.1, 0.15) is 5.76 Å². The van der Waals surface area contributed by atoms with Crippen LogP contribution in [0.5, 0.6) is 0 Å². The lowest BCUT2D eigenvalue weighted by atomic mass is 10.1. The van der Waals surface area contributed by atoms with Gasteiger partial charge in [0.25, 0.3) is 0 Å². The molecule has 2 aromatic rings. The molecule has 1 aromatic heterocycles. The highest BCUT2D eigenvalue weighted by atomic mass is 16.4. The number of hydrogen-bond acceptors (Lipinski definition) is 4. The van der Waals surface area contributed by atoms with Crippen LogP contribution in [-0.4, -0.2) is 10.8 Å². The van der Waals surface area contributed by atoms with Crippen molar-refractivity contribution >= 4 is 5.91 Å². The van der Waals surface area contributed by atoms with Gasteiger partial charge in [0.05, 0.1) is 0 Å². The van der Waals surface area contributed by atoms with Crippen LogP contribution in [0.25, 0.3) is 0 Å². The van der Waals surface area contributed by atoms with Crippen molar-refractivity contribution in [2.75, 3.05) is 0 Å². The van der Waals surface area contributed by atoms with Crippen molar-refractivity contribution in [1.82, 2.24) is 10.3 Å². The first-order chi connectivity index (χ1) is 9.67. The average Bonchev–Trinajstić information content (AvgIpc) is 3.02. The first kappa shape index (κ1) is 12.9. The number of nitrogens with two attached hydrogens (primary N) is 1. The molecule has 1 amide bonds. The van der Waals surface area contributed by atoms with Gasteiger partial charge in [-0.15, -0.1) is 0 Å². The summed E-state index contributed by atoms with van der Waals surface area (Å²) in [6.45, 7) is 4.49. The molecule has 1 aliphatic rings. The van der Waals surface area contributed by atoms with Gasteiger partial charge >= 0.3 is 5.91 Å². The molecule has 1 aromatic carbocycles. The lowest BCUT2D eigenvalue weighted by Crippen LogP contribution is -2.29. The van der Waals surface area contributed by atoms with E-state index in [0.717, 1.165) is 31.0 Å². The van der Waals surface area contributed by atoms with Crippen molar-refractivity contribution in [2.45, 2.75) is 26.6 Å². The quantitative estimate of drug-likeness (QED) is 0.506. The molecule has 0 saturated carbocycles. The number of fused-ring (bicyclic) bond motifs is 1. The Morgan fingerprint density at radius 2 is 2.00 bits per heavy atom. The number of benzene rings is 1. The zero-order valence-corrected chi connectivity index (χ0v) is 11.3. The van der Waals surface area contributed by atoms with Gasteiger partial charge in [-0.05, 0) is 24.1 Å². The van der Waals surface area contributed by atoms with Gasteiger partial charge in [-0.1, -0.05) is 24.3 Å². The fourth-order valence-electron chi connectivity index (χ4n) is 2.62. The van der Waals surface area contributed by atoms with E-state index in [1.165, 1.54) is 11.1 Å². The number of nitrogen functional groups attached to an aromatic ring is 1. The maximum atomic E-state index is 11.5. The molecule has 5 heteroatoms. The molecule has 0 saturated heterocycles. The summed E-state index contributed by atoms with van der Waals surface area (Å²) in [7, 11) is 0. The summed E-state index contributed by atoms with van der Waals surface area (Å²) >= 11 is 0. The van der Waals surface area contributed by atoms with E-state index in [1.807, 2.05) is 6.92 Å². The Labute approximate surface area is 117 Å². The molecule has 0 atom stereocenters. The van der Waals surface area contributed by atoms with E-state index in [0.29, 0.717) is 0 Å². The molecule has 3 rings (SSSR count). The van der Waals surface area contributed by atoms with E-state index in [-0.39, 0.29) is 5.76 Å². The molecular formula is C15H17N3O2. The minimum absolute atomic E-state index is 0.261. The lowest BCUT2D eigenvalue weighted by Gasteiger charge is -2.13. The number of carbonyl (C=O) groups excluding carboxylic acids is 1. The van der Waals surface area contributed by atoms with E-state index in [4.69, 9.17) is 10.3 Å². The molecule has 0 unspecified atom stereocenters. The zero-order chi connectivity index (χ0) is 14.1. The predicted molar refractivity (Wildman–Crippen MR) is 74.5 cm³/mol. The molecule has 3 N–H and O–H groups in total. The van der Waals surface area contributed by atoms with Crippen LogP contribution in [0, 0.1) is 6.92 Å². The molecule has 0 aliphatic carbocycles. The molecule has 5 nitrogen and oxygen atoms in total. The van der Waals surface area contributed by atoms with Crippen LogP contribution in [0.3, 0.4) is 0 Å². The minimum Gasteiger partial charge on any atom is -0.456 e. The number of rotatable bonds is 3. The number of carbonyl (C=O) groups is 1. The Hall–Kier alpha value is -2.11. The van der Waals surface area contributed by atoms with E-state index >= 15 is 0 Å². The summed E-state index contributed by atoms with van der Waals surface area (Å²) in [5.74, 6) is 5.74. The van der Waals surface area contributed by atoms with Gasteiger partial charge in [-0.25, -0.2) is 5.84 Å². The average molecular weight is 271 g/mol. The number of hydrogen-bond donors (Lipinski definition) is 2. The van der Waals surface area contributed by atoms with Crippen molar-refractivity contribution in [1.29, 1.82) is 0 Å². The van der Waals surface area contributed by atoms with Crippen molar-refractivity contribution in [3.63, 3.8) is 0 Å². The zero-order valence-electron chi connectivity index (χ0n) is 11.3. The predicted octanol–water partition coefficient (Wildman–Crippen LogP) is 1.71. The van der Waals surface area contributed by atoms with Crippen molar-refractivity contribution in [3.05, 3.63) is 58.5 Å². The van der Waals surface area contributed by atoms with Crippen LogP contribution in [0.15, 0.2) is 34.7 Å². The highest BCUT2D eigenvalue weighted by Gasteiger charge is 2.21. The maximum Gasteiger partial charge on any atom is 0.300 e. The first-order valence-electron chi connectivity index (χ1n) is 6.57. The second-order valence-corrected chi connectivity index (χ2v) is 5.08. The number of nitrogens with zero attached hydrogens (tertiary/aromatic N) is 1. The molecule has 1 aliphatic heterocycles. The molecule has 2 heterocycles. The number of hydrazine groups is 1. The molecule has 104 valence electrons. The van der Waals surface area contributed by atoms with Crippen molar-refractivity contribution in [3.8, 4) is 0 Å². The van der Waals surface area contributed by atoms with Crippen molar-refractivity contribution in [2.24, 2.45) is 5.84 Å². The maximum absolute atomic E-state index is 11.5. The molecule has 0 bridgehead atoms. The number of amides is 1. The van der Waals surface area contributed by atoms with E-state index < -0.39 is 5.91 Å². The van der Waals surface area contributed by atoms with Gasteiger partial charge in [-0.2, -0.15) is 0 Å². The largest absolute Gasteiger partial charge is 0.456 e. The van der Waals surface area contributed by atoms with Gasteiger partial charge in [0.15, 0.2) is 5.76 Å². The molecule has 0 spiro atoms. The lowest BCUT2D eigenvalue weighted by molar-refractivity contribution is 0.0924. The van der Waals surface area contributed by atoms with E-state index in [9.17, 15) is 4.79 Å². The third-order valence-electron chi connectivity index (χ3n) is 3.68. The summed E-state index contributed by atoms with van der Waals surface area (Å²) < 4.78 is 5.44. The molecular weight excluding hydrogens is 254 g/mol. The summed E-state index contributed by atoms with van der Waals surface area (Å²) in [6.07, 6.45) is 0. The highest BCUT2D eigenvalue weighted by Crippen LogP contribution is 2.25. The minimum atomic E-state index is -0.399. The Morgan fingerprint density at radius 1 is 1.35 bits per heavy atom. The van der Waals surface area contributed by atoms with Gasteiger partial charge < -0.3 is 4.42 Å². The summed E-state index contributed by atoms with van der Waals surface area (Å²) in [4.78, 5) is 13.8. The summed E-state index contributed by atoms with van der Waals surface area (Å²) in [5, 5.41) is 0. The van der Waals surface area contributed by atoms with Crippen LogP contribution < -0.4 is 11.3 Å². The first-order valence-corrected chi connectivity index (χ1v) is 6.57. The second kappa shape index (κ2) is 5.11. The normalized spacial score (nSPS) is 14.3. The van der Waals surface area contributed by atoms with Crippen molar-refractivity contribution < 1.29 is 9.21 Å². The third-order valence-corrected chi connectivity index (χ3v) is 3.68. The monoisotopic (exact) mass is 271 g/mol. The number of nitrogens with one attached hydrogen (secondary N) is 1. The number of aryl methyl sites for hydroxylation is 1. The number of furan rings is 1. The van der Waals surface area contributed by atoms with E-state index in [1.54, 1.807) is 6.07 Å². The Balaban J connectivity index is 1.74. The summed E-state index contributed by atoms with van der Waals surface area (Å²) in [6, 6.07) is 10.2. The fourth-order valence-corrected chi connectivity index (χ4v) is 2.62. The van der Waals surface area contributed by atoms with E-state index in [2.05, 4.69) is 34.6 Å².